The van der Waals surface area contributed by atoms with Crippen LogP contribution in [0.2, 0.25) is 0 Å². The molecule has 1 unspecified atom stereocenters. The molecular weight excluding hydrogens is 426 g/mol. The fraction of sp³-hybridized carbons (Fsp3) is 0.231. The zero-order chi connectivity index (χ0) is 23.5. The van der Waals surface area contributed by atoms with Crippen LogP contribution in [-0.2, 0) is 0 Å². The number of carbonyl (C=O) groups excluding carboxylic acids is 1. The Labute approximate surface area is 197 Å². The first-order valence-corrected chi connectivity index (χ1v) is 11.2. The molecule has 8 heteroatoms. The number of nitrogen functional groups attached to an aromatic ring is 1. The van der Waals surface area contributed by atoms with Gasteiger partial charge in [-0.1, -0.05) is 24.1 Å². The SMILES string of the molecule is CC#CCN1CCC(c2nc(-c3ccc(C(=O)Nc4ccccn4)cc3)n3c(N)nccc23)C1. The number of nitrogens with zero attached hydrogens (tertiary/aromatic N) is 5. The average molecular weight is 452 g/mol. The van der Waals surface area contributed by atoms with Crippen molar-refractivity contribution in [2.24, 2.45) is 0 Å². The lowest BCUT2D eigenvalue weighted by Gasteiger charge is -2.11. The van der Waals surface area contributed by atoms with Gasteiger partial charge in [0.05, 0.1) is 17.8 Å². The Hall–Kier alpha value is -4.22. The lowest BCUT2D eigenvalue weighted by atomic mass is 10.0. The molecule has 1 aliphatic rings. The number of fused-ring (bicyclic) bond motifs is 1. The molecule has 1 fully saturated rings. The monoisotopic (exact) mass is 451 g/mol. The molecule has 0 aliphatic carbocycles. The smallest absolute Gasteiger partial charge is 0.256 e. The summed E-state index contributed by atoms with van der Waals surface area (Å²) in [6, 6.07) is 14.7. The van der Waals surface area contributed by atoms with E-state index in [9.17, 15) is 4.79 Å². The standard InChI is InChI=1S/C26H25N7O/c1-2-3-15-32-16-12-20(17-32)23-21-11-14-29-26(27)33(21)24(31-23)18-7-9-19(10-8-18)25(34)30-22-6-4-5-13-28-22/h4-11,13-14,20H,12,15-17H2,1H3,(H2,27,29)(H,28,30,34). The summed E-state index contributed by atoms with van der Waals surface area (Å²) in [5.74, 6) is 7.81. The van der Waals surface area contributed by atoms with E-state index in [0.717, 1.165) is 48.7 Å². The maximum absolute atomic E-state index is 12.6. The molecule has 1 amide bonds. The van der Waals surface area contributed by atoms with E-state index in [4.69, 9.17) is 10.7 Å². The van der Waals surface area contributed by atoms with Gasteiger partial charge in [0, 0.05) is 36.0 Å². The Morgan fingerprint density at radius 3 is 2.76 bits per heavy atom. The van der Waals surface area contributed by atoms with Crippen LogP contribution < -0.4 is 11.1 Å². The Morgan fingerprint density at radius 2 is 2.00 bits per heavy atom. The molecule has 170 valence electrons. The van der Waals surface area contributed by atoms with Crippen molar-refractivity contribution in [1.29, 1.82) is 0 Å². The van der Waals surface area contributed by atoms with Crippen molar-refractivity contribution >= 4 is 23.2 Å². The third kappa shape index (κ3) is 4.21. The van der Waals surface area contributed by atoms with Crippen LogP contribution in [0.25, 0.3) is 16.9 Å². The number of hydrogen-bond acceptors (Lipinski definition) is 6. The van der Waals surface area contributed by atoms with Gasteiger partial charge in [-0.25, -0.2) is 15.0 Å². The molecule has 0 spiro atoms. The van der Waals surface area contributed by atoms with Gasteiger partial charge < -0.3 is 11.1 Å². The second-order valence-corrected chi connectivity index (χ2v) is 8.24. The van der Waals surface area contributed by atoms with Crippen LogP contribution in [0.1, 0.15) is 35.3 Å². The van der Waals surface area contributed by atoms with Crippen molar-refractivity contribution in [3.05, 3.63) is 72.2 Å². The highest BCUT2D eigenvalue weighted by atomic mass is 16.1. The number of benzene rings is 1. The zero-order valence-electron chi connectivity index (χ0n) is 18.9. The number of likely N-dealkylation sites (tertiary alicyclic amines) is 1. The first-order chi connectivity index (χ1) is 16.6. The molecule has 3 N–H and O–H groups in total. The number of nitrogens with two attached hydrogens (primary N) is 1. The van der Waals surface area contributed by atoms with Crippen LogP contribution in [0.4, 0.5) is 11.8 Å². The molecule has 4 heterocycles. The summed E-state index contributed by atoms with van der Waals surface area (Å²) < 4.78 is 1.90. The second kappa shape index (κ2) is 9.33. The van der Waals surface area contributed by atoms with Gasteiger partial charge in [-0.3, -0.25) is 14.1 Å². The van der Waals surface area contributed by atoms with Gasteiger partial charge in [-0.2, -0.15) is 0 Å². The number of rotatable bonds is 5. The van der Waals surface area contributed by atoms with Crippen molar-refractivity contribution in [3.63, 3.8) is 0 Å². The molecule has 8 nitrogen and oxygen atoms in total. The molecule has 0 saturated carbocycles. The number of amides is 1. The third-order valence-corrected chi connectivity index (χ3v) is 6.06. The van der Waals surface area contributed by atoms with Gasteiger partial charge in [0.1, 0.15) is 11.6 Å². The number of hydrogen-bond donors (Lipinski definition) is 2. The largest absolute Gasteiger partial charge is 0.369 e. The van der Waals surface area contributed by atoms with Crippen LogP contribution in [0.5, 0.6) is 0 Å². The van der Waals surface area contributed by atoms with E-state index >= 15 is 0 Å². The highest BCUT2D eigenvalue weighted by Crippen LogP contribution is 2.33. The van der Waals surface area contributed by atoms with E-state index < -0.39 is 0 Å². The summed E-state index contributed by atoms with van der Waals surface area (Å²) in [5, 5.41) is 2.80. The first-order valence-electron chi connectivity index (χ1n) is 11.2. The van der Waals surface area contributed by atoms with Gasteiger partial charge in [0.2, 0.25) is 5.95 Å². The normalized spacial score (nSPS) is 15.7. The summed E-state index contributed by atoms with van der Waals surface area (Å²) >= 11 is 0. The van der Waals surface area contributed by atoms with Gasteiger partial charge in [-0.05, 0) is 50.2 Å². The van der Waals surface area contributed by atoms with Gasteiger partial charge >= 0.3 is 0 Å². The summed E-state index contributed by atoms with van der Waals surface area (Å²) in [6.07, 6.45) is 4.38. The van der Waals surface area contributed by atoms with E-state index in [2.05, 4.69) is 32.0 Å². The van der Waals surface area contributed by atoms with Crippen LogP contribution in [0.3, 0.4) is 0 Å². The van der Waals surface area contributed by atoms with Gasteiger partial charge in [0.15, 0.2) is 0 Å². The first kappa shape index (κ1) is 21.6. The van der Waals surface area contributed by atoms with E-state index in [0.29, 0.717) is 23.2 Å². The van der Waals surface area contributed by atoms with E-state index in [-0.39, 0.29) is 5.91 Å². The zero-order valence-corrected chi connectivity index (χ0v) is 18.9. The molecule has 34 heavy (non-hydrogen) atoms. The van der Waals surface area contributed by atoms with Crippen LogP contribution in [-0.4, -0.2) is 49.8 Å². The number of anilines is 2. The second-order valence-electron chi connectivity index (χ2n) is 8.24. The predicted molar refractivity (Wildman–Crippen MR) is 132 cm³/mol. The maximum atomic E-state index is 12.6. The van der Waals surface area contributed by atoms with E-state index in [1.54, 1.807) is 36.7 Å². The number of aromatic nitrogens is 4. The molecule has 3 aromatic heterocycles. The summed E-state index contributed by atoms with van der Waals surface area (Å²) in [4.78, 5) is 28.4. The Bertz CT molecular complexity index is 1380. The number of nitrogens with one attached hydrogen (secondary N) is 1. The lowest BCUT2D eigenvalue weighted by molar-refractivity contribution is 0.102. The van der Waals surface area contributed by atoms with Crippen LogP contribution in [0.15, 0.2) is 60.9 Å². The molecule has 0 radical (unpaired) electrons. The Kier molecular flexibility index (Phi) is 5.93. The minimum absolute atomic E-state index is 0.221. The highest BCUT2D eigenvalue weighted by molar-refractivity contribution is 6.04. The van der Waals surface area contributed by atoms with Crippen molar-refractivity contribution in [2.75, 3.05) is 30.7 Å². The van der Waals surface area contributed by atoms with Crippen LogP contribution >= 0.6 is 0 Å². The van der Waals surface area contributed by atoms with Gasteiger partial charge in [0.25, 0.3) is 5.91 Å². The van der Waals surface area contributed by atoms with Crippen molar-refractivity contribution < 1.29 is 4.79 Å². The van der Waals surface area contributed by atoms with Crippen molar-refractivity contribution in [3.8, 4) is 23.2 Å². The molecule has 1 aromatic carbocycles. The molecule has 1 atom stereocenters. The summed E-state index contributed by atoms with van der Waals surface area (Å²) in [6.45, 7) is 4.55. The number of carbonyl (C=O) groups is 1. The maximum Gasteiger partial charge on any atom is 0.256 e. The average Bonchev–Trinajstić information content (AvgIpc) is 3.49. The van der Waals surface area contributed by atoms with E-state index in [1.807, 2.05) is 35.6 Å². The molecule has 4 aromatic rings. The number of pyridine rings is 1. The molecule has 1 aliphatic heterocycles. The van der Waals surface area contributed by atoms with Gasteiger partial charge in [-0.15, -0.1) is 5.92 Å². The molecule has 5 rings (SSSR count). The van der Waals surface area contributed by atoms with Crippen molar-refractivity contribution in [2.45, 2.75) is 19.3 Å². The summed E-state index contributed by atoms with van der Waals surface area (Å²) in [7, 11) is 0. The summed E-state index contributed by atoms with van der Waals surface area (Å²) in [5.41, 5.74) is 9.66. The highest BCUT2D eigenvalue weighted by Gasteiger charge is 2.28. The quantitative estimate of drug-likeness (QED) is 0.451. The molecule has 0 bridgehead atoms. The Morgan fingerprint density at radius 1 is 1.15 bits per heavy atom. The fourth-order valence-corrected chi connectivity index (χ4v) is 4.36. The fourth-order valence-electron chi connectivity index (χ4n) is 4.36. The topological polar surface area (TPSA) is 101 Å². The molecular formula is C26H25N7O. The minimum atomic E-state index is -0.221. The van der Waals surface area contributed by atoms with E-state index in [1.165, 1.54) is 0 Å². The number of imidazole rings is 1. The lowest BCUT2D eigenvalue weighted by Crippen LogP contribution is -2.20. The predicted octanol–water partition coefficient (Wildman–Crippen LogP) is 3.44. The Balaban J connectivity index is 1.44. The third-order valence-electron chi connectivity index (χ3n) is 6.06. The molecule has 1 saturated heterocycles. The van der Waals surface area contributed by atoms with Crippen molar-refractivity contribution in [1.82, 2.24) is 24.3 Å². The minimum Gasteiger partial charge on any atom is -0.369 e. The van der Waals surface area contributed by atoms with Crippen LogP contribution in [0, 0.1) is 11.8 Å².